The van der Waals surface area contributed by atoms with Gasteiger partial charge >= 0.3 is 6.09 Å². The highest BCUT2D eigenvalue weighted by molar-refractivity contribution is 7.17. The van der Waals surface area contributed by atoms with Crippen LogP contribution < -0.4 is 0 Å². The van der Waals surface area contributed by atoms with Crippen LogP contribution in [0.25, 0.3) is 4.96 Å². The number of benzene rings is 1. The average Bonchev–Trinajstić information content (AvgIpc) is 3.29. The molecule has 1 saturated heterocycles. The number of carbonyl (C=O) groups excluding carboxylic acids is 1. The molecule has 10 heteroatoms. The lowest BCUT2D eigenvalue weighted by atomic mass is 10.0. The number of carbonyl (C=O) groups is 1. The maximum atomic E-state index is 12.1. The van der Waals surface area contributed by atoms with E-state index in [2.05, 4.69) is 15.0 Å². The second-order valence-corrected chi connectivity index (χ2v) is 8.43. The van der Waals surface area contributed by atoms with Crippen LogP contribution in [0.4, 0.5) is 4.79 Å². The van der Waals surface area contributed by atoms with Gasteiger partial charge in [-0.1, -0.05) is 48.1 Å². The number of nitrogens with zero attached hydrogens (tertiary/aromatic N) is 5. The Morgan fingerprint density at radius 1 is 1.27 bits per heavy atom. The monoisotopic (exact) mass is 449 g/mol. The van der Waals surface area contributed by atoms with E-state index in [4.69, 9.17) is 16.3 Å². The molecule has 160 valence electrons. The van der Waals surface area contributed by atoms with Crippen molar-refractivity contribution in [3.05, 3.63) is 45.6 Å². The molecule has 1 aromatic carbocycles. The molecule has 4 rings (SSSR count). The molecule has 0 saturated carbocycles. The van der Waals surface area contributed by atoms with Crippen molar-refractivity contribution in [3.8, 4) is 5.88 Å². The highest BCUT2D eigenvalue weighted by Gasteiger charge is 2.33. The predicted octanol–water partition coefficient (Wildman–Crippen LogP) is 3.58. The number of ether oxygens (including phenoxy) is 1. The Bertz CT molecular complexity index is 1040. The Balaban J connectivity index is 1.69. The number of halogens is 1. The van der Waals surface area contributed by atoms with E-state index in [1.165, 1.54) is 15.9 Å². The van der Waals surface area contributed by atoms with Crippen LogP contribution in [0.3, 0.4) is 0 Å². The van der Waals surface area contributed by atoms with E-state index in [1.54, 1.807) is 11.8 Å². The van der Waals surface area contributed by atoms with E-state index in [0.29, 0.717) is 55.0 Å². The average molecular weight is 450 g/mol. The van der Waals surface area contributed by atoms with Gasteiger partial charge in [0.2, 0.25) is 10.8 Å². The molecule has 1 amide bonds. The standard InChI is InChI=1S/C20H24ClN5O3S/c1-3-15-22-19-26(23-15)18(27)17(30-19)16(13-7-5-6-8-14(13)21)24-9-11-25(12-10-24)20(28)29-4-2/h5-8,16,27H,3-4,9-12H2,1-2H3. The topological polar surface area (TPSA) is 83.2 Å². The number of piperazine rings is 1. The second-order valence-electron chi connectivity index (χ2n) is 7.01. The first-order chi connectivity index (χ1) is 14.5. The van der Waals surface area contributed by atoms with Crippen molar-refractivity contribution >= 4 is 34.0 Å². The minimum Gasteiger partial charge on any atom is -0.492 e. The molecule has 0 spiro atoms. The zero-order valence-electron chi connectivity index (χ0n) is 16.9. The van der Waals surface area contributed by atoms with Crippen LogP contribution in [0.5, 0.6) is 5.88 Å². The maximum Gasteiger partial charge on any atom is 0.409 e. The Morgan fingerprint density at radius 2 is 2.00 bits per heavy atom. The van der Waals surface area contributed by atoms with Gasteiger partial charge in [0.1, 0.15) is 0 Å². The summed E-state index contributed by atoms with van der Waals surface area (Å²) in [4.78, 5) is 21.9. The summed E-state index contributed by atoms with van der Waals surface area (Å²) in [6.07, 6.45) is 0.410. The van der Waals surface area contributed by atoms with Crippen molar-refractivity contribution in [2.75, 3.05) is 32.8 Å². The van der Waals surface area contributed by atoms with Crippen molar-refractivity contribution in [2.45, 2.75) is 26.3 Å². The molecule has 2 aromatic heterocycles. The summed E-state index contributed by atoms with van der Waals surface area (Å²) < 4.78 is 6.62. The Kier molecular flexibility index (Phi) is 6.12. The Labute approximate surface area is 183 Å². The van der Waals surface area contributed by atoms with Gasteiger partial charge in [0, 0.05) is 37.6 Å². The van der Waals surface area contributed by atoms with E-state index >= 15 is 0 Å². The third-order valence-electron chi connectivity index (χ3n) is 5.21. The number of fused-ring (bicyclic) bond motifs is 1. The summed E-state index contributed by atoms with van der Waals surface area (Å²) in [6, 6.07) is 7.38. The quantitative estimate of drug-likeness (QED) is 0.641. The van der Waals surface area contributed by atoms with Gasteiger partial charge in [0.05, 0.1) is 17.5 Å². The SMILES string of the molecule is CCOC(=O)N1CCN(C(c2ccccc2Cl)c2sc3nc(CC)nn3c2O)CC1. The fourth-order valence-electron chi connectivity index (χ4n) is 3.70. The molecule has 1 atom stereocenters. The first-order valence-electron chi connectivity index (χ1n) is 10.0. The zero-order chi connectivity index (χ0) is 21.3. The number of aromatic hydroxyl groups is 1. The number of amides is 1. The molecule has 1 N–H and O–H groups in total. The van der Waals surface area contributed by atoms with Crippen LogP contribution in [-0.2, 0) is 11.2 Å². The molecule has 30 heavy (non-hydrogen) atoms. The molecular formula is C20H24ClN5O3S. The summed E-state index contributed by atoms with van der Waals surface area (Å²) in [5.41, 5.74) is 0.902. The molecule has 3 heterocycles. The second kappa shape index (κ2) is 8.79. The van der Waals surface area contributed by atoms with Crippen LogP contribution in [0.1, 0.15) is 36.2 Å². The summed E-state index contributed by atoms with van der Waals surface area (Å²) in [5.74, 6) is 0.778. The van der Waals surface area contributed by atoms with E-state index in [0.717, 1.165) is 10.4 Å². The lowest BCUT2D eigenvalue weighted by Crippen LogP contribution is -2.50. The van der Waals surface area contributed by atoms with Crippen LogP contribution in [0, 0.1) is 0 Å². The number of thiazole rings is 1. The minimum atomic E-state index is -0.292. The molecule has 0 bridgehead atoms. The van der Waals surface area contributed by atoms with Gasteiger partial charge in [-0.15, -0.1) is 5.10 Å². The zero-order valence-corrected chi connectivity index (χ0v) is 18.5. The van der Waals surface area contributed by atoms with E-state index < -0.39 is 0 Å². The number of hydrogen-bond donors (Lipinski definition) is 1. The molecule has 0 aliphatic carbocycles. The summed E-state index contributed by atoms with van der Waals surface area (Å²) in [6.45, 7) is 6.48. The summed E-state index contributed by atoms with van der Waals surface area (Å²) in [7, 11) is 0. The minimum absolute atomic E-state index is 0.0833. The third-order valence-corrected chi connectivity index (χ3v) is 6.63. The van der Waals surface area contributed by atoms with Crippen molar-refractivity contribution in [2.24, 2.45) is 0 Å². The third kappa shape index (κ3) is 3.84. The van der Waals surface area contributed by atoms with Gasteiger partial charge in [-0.25, -0.2) is 9.78 Å². The number of aryl methyl sites for hydroxylation is 1. The van der Waals surface area contributed by atoms with Gasteiger partial charge in [0.25, 0.3) is 0 Å². The van der Waals surface area contributed by atoms with Gasteiger partial charge in [-0.05, 0) is 18.6 Å². The fraction of sp³-hybridized carbons (Fsp3) is 0.450. The van der Waals surface area contributed by atoms with E-state index in [1.807, 2.05) is 31.2 Å². The molecule has 1 fully saturated rings. The highest BCUT2D eigenvalue weighted by Crippen LogP contribution is 2.42. The van der Waals surface area contributed by atoms with Crippen LogP contribution in [0.15, 0.2) is 24.3 Å². The van der Waals surface area contributed by atoms with E-state index in [9.17, 15) is 9.90 Å². The molecular weight excluding hydrogens is 426 g/mol. The first kappa shape index (κ1) is 20.9. The number of aromatic nitrogens is 3. The molecule has 0 radical (unpaired) electrons. The number of rotatable bonds is 5. The number of hydrogen-bond acceptors (Lipinski definition) is 7. The van der Waals surface area contributed by atoms with Crippen molar-refractivity contribution < 1.29 is 14.6 Å². The highest BCUT2D eigenvalue weighted by atomic mass is 35.5. The van der Waals surface area contributed by atoms with Gasteiger partial charge in [-0.2, -0.15) is 4.52 Å². The molecule has 1 aliphatic heterocycles. The van der Waals surface area contributed by atoms with Crippen molar-refractivity contribution in [1.82, 2.24) is 24.4 Å². The van der Waals surface area contributed by atoms with Gasteiger partial charge in [-0.3, -0.25) is 4.90 Å². The first-order valence-corrected chi connectivity index (χ1v) is 11.2. The van der Waals surface area contributed by atoms with Gasteiger partial charge in [0.15, 0.2) is 5.82 Å². The lowest BCUT2D eigenvalue weighted by molar-refractivity contribution is 0.0715. The fourth-order valence-corrected chi connectivity index (χ4v) is 5.06. The summed E-state index contributed by atoms with van der Waals surface area (Å²) in [5, 5.41) is 16.0. The molecule has 1 aliphatic rings. The van der Waals surface area contributed by atoms with Gasteiger partial charge < -0.3 is 14.7 Å². The van der Waals surface area contributed by atoms with Crippen LogP contribution >= 0.6 is 22.9 Å². The van der Waals surface area contributed by atoms with Crippen molar-refractivity contribution in [1.29, 1.82) is 0 Å². The Hall–Kier alpha value is -2.36. The maximum absolute atomic E-state index is 12.1. The Morgan fingerprint density at radius 3 is 2.63 bits per heavy atom. The molecule has 3 aromatic rings. The molecule has 1 unspecified atom stereocenters. The summed E-state index contributed by atoms with van der Waals surface area (Å²) >= 11 is 7.97. The van der Waals surface area contributed by atoms with Crippen molar-refractivity contribution in [3.63, 3.8) is 0 Å². The van der Waals surface area contributed by atoms with E-state index in [-0.39, 0.29) is 18.0 Å². The predicted molar refractivity (Wildman–Crippen MR) is 115 cm³/mol. The smallest absolute Gasteiger partial charge is 0.409 e. The lowest BCUT2D eigenvalue weighted by Gasteiger charge is -2.38. The van der Waals surface area contributed by atoms with Crippen LogP contribution in [0.2, 0.25) is 5.02 Å². The largest absolute Gasteiger partial charge is 0.492 e. The molecule has 8 nitrogen and oxygen atoms in total. The normalized spacial score (nSPS) is 16.2. The van der Waals surface area contributed by atoms with Crippen LogP contribution in [-0.4, -0.2) is 68.4 Å².